The number of nitrogens with zero attached hydrogens (tertiary/aromatic N) is 5. The van der Waals surface area contributed by atoms with E-state index in [1.165, 1.54) is 11.2 Å². The molecule has 0 bridgehead atoms. The number of hydrogen-bond donors (Lipinski definition) is 0. The van der Waals surface area contributed by atoms with Gasteiger partial charge in [0.05, 0.1) is 28.9 Å². The summed E-state index contributed by atoms with van der Waals surface area (Å²) >= 11 is 0. The molecule has 0 radical (unpaired) electrons. The molecule has 3 heterocycles. The molecule has 1 aliphatic carbocycles. The summed E-state index contributed by atoms with van der Waals surface area (Å²) in [5, 5.41) is 4.32. The van der Waals surface area contributed by atoms with Gasteiger partial charge in [0.15, 0.2) is 0 Å². The van der Waals surface area contributed by atoms with Crippen LogP contribution in [0.25, 0.3) is 11.0 Å². The van der Waals surface area contributed by atoms with Crippen LogP contribution in [0.3, 0.4) is 0 Å². The molecule has 1 saturated heterocycles. The van der Waals surface area contributed by atoms with Crippen LogP contribution in [0.2, 0.25) is 0 Å². The van der Waals surface area contributed by atoms with E-state index in [1.807, 2.05) is 25.0 Å². The van der Waals surface area contributed by atoms with Gasteiger partial charge in [-0.15, -0.1) is 0 Å². The molecule has 0 N–H and O–H groups in total. The van der Waals surface area contributed by atoms with E-state index in [9.17, 15) is 0 Å². The van der Waals surface area contributed by atoms with E-state index in [4.69, 9.17) is 9.72 Å². The van der Waals surface area contributed by atoms with Crippen molar-refractivity contribution in [3.05, 3.63) is 48.0 Å². The topological polar surface area (TPSA) is 48.1 Å². The van der Waals surface area contributed by atoms with Crippen molar-refractivity contribution in [3.8, 4) is 0 Å². The molecule has 2 aromatic heterocycles. The van der Waals surface area contributed by atoms with Gasteiger partial charge in [0.25, 0.3) is 0 Å². The highest BCUT2D eigenvalue weighted by Crippen LogP contribution is 2.44. The summed E-state index contributed by atoms with van der Waals surface area (Å²) in [6.07, 6.45) is 4.42. The second kappa shape index (κ2) is 7.01. The largest absolute Gasteiger partial charge is 0.379 e. The van der Waals surface area contributed by atoms with Crippen LogP contribution < -0.4 is 0 Å². The molecule has 0 spiro atoms. The van der Waals surface area contributed by atoms with Gasteiger partial charge in [0.1, 0.15) is 5.82 Å². The zero-order valence-electron chi connectivity index (χ0n) is 17.0. The number of hydrogen-bond acceptors (Lipinski definition) is 4. The predicted molar refractivity (Wildman–Crippen MR) is 109 cm³/mol. The molecule has 2 aliphatic rings. The fourth-order valence-corrected chi connectivity index (χ4v) is 5.51. The maximum absolute atomic E-state index is 6.02. The maximum atomic E-state index is 6.02. The van der Waals surface area contributed by atoms with Crippen LogP contribution in [0.5, 0.6) is 0 Å². The van der Waals surface area contributed by atoms with Crippen molar-refractivity contribution in [2.24, 2.45) is 18.9 Å². The molecular formula is C22H29N5O. The Balaban J connectivity index is 1.40. The van der Waals surface area contributed by atoms with Crippen LogP contribution >= 0.6 is 0 Å². The molecule has 3 aromatic rings. The molecule has 6 heteroatoms. The number of likely N-dealkylation sites (tertiary alicyclic amines) is 1. The van der Waals surface area contributed by atoms with Gasteiger partial charge in [-0.25, -0.2) is 4.98 Å². The fourth-order valence-electron chi connectivity index (χ4n) is 5.51. The van der Waals surface area contributed by atoms with E-state index >= 15 is 0 Å². The Morgan fingerprint density at radius 3 is 2.64 bits per heavy atom. The van der Waals surface area contributed by atoms with Gasteiger partial charge in [-0.2, -0.15) is 5.10 Å². The minimum absolute atomic E-state index is 0.245. The van der Waals surface area contributed by atoms with Crippen molar-refractivity contribution in [1.29, 1.82) is 0 Å². The highest BCUT2D eigenvalue weighted by molar-refractivity contribution is 5.76. The number of fused-ring (bicyclic) bond motifs is 2. The van der Waals surface area contributed by atoms with Gasteiger partial charge in [0, 0.05) is 40.0 Å². The highest BCUT2D eigenvalue weighted by Gasteiger charge is 2.43. The summed E-state index contributed by atoms with van der Waals surface area (Å²) in [5.74, 6) is 2.52. The van der Waals surface area contributed by atoms with E-state index in [0.29, 0.717) is 17.9 Å². The molecule has 6 nitrogen and oxygen atoms in total. The van der Waals surface area contributed by atoms with E-state index < -0.39 is 0 Å². The third-order valence-corrected chi connectivity index (χ3v) is 6.88. The van der Waals surface area contributed by atoms with E-state index in [-0.39, 0.29) is 6.10 Å². The average Bonchev–Trinajstić information content (AvgIpc) is 3.36. The third-order valence-electron chi connectivity index (χ3n) is 6.88. The second-order valence-electron chi connectivity index (χ2n) is 8.49. The molecule has 0 amide bonds. The first-order valence-corrected chi connectivity index (χ1v) is 10.3. The van der Waals surface area contributed by atoms with Gasteiger partial charge >= 0.3 is 0 Å². The molecule has 0 unspecified atom stereocenters. The molecule has 1 saturated carbocycles. The van der Waals surface area contributed by atoms with Crippen LogP contribution in [0, 0.1) is 18.8 Å². The van der Waals surface area contributed by atoms with Gasteiger partial charge in [-0.1, -0.05) is 12.1 Å². The van der Waals surface area contributed by atoms with Crippen molar-refractivity contribution in [2.45, 2.75) is 38.5 Å². The Morgan fingerprint density at radius 2 is 1.89 bits per heavy atom. The molecule has 2 fully saturated rings. The Bertz CT molecular complexity index is 976. The first-order valence-electron chi connectivity index (χ1n) is 10.3. The van der Waals surface area contributed by atoms with E-state index in [2.05, 4.69) is 51.8 Å². The zero-order chi connectivity index (χ0) is 19.3. The summed E-state index contributed by atoms with van der Waals surface area (Å²) in [5.41, 5.74) is 3.60. The van der Waals surface area contributed by atoms with Gasteiger partial charge in [-0.3, -0.25) is 9.58 Å². The van der Waals surface area contributed by atoms with Crippen LogP contribution in [0.4, 0.5) is 0 Å². The molecule has 148 valence electrons. The number of ether oxygens (including phenoxy) is 1. The zero-order valence-corrected chi connectivity index (χ0v) is 17.0. The standard InChI is InChI=1S/C22H29N5O/c1-15-24-19-6-4-5-7-20(19)27(15)21-10-16-12-26(13-17(16)11-22(21)28-3)14-18-8-9-23-25(18)2/h4-9,16-17,21-22H,10-14H2,1-3H3/t16-,17+,21-,22-/m0/s1. The van der Waals surface area contributed by atoms with E-state index in [0.717, 1.165) is 43.8 Å². The lowest BCUT2D eigenvalue weighted by Crippen LogP contribution is -2.37. The van der Waals surface area contributed by atoms with Gasteiger partial charge in [0.2, 0.25) is 0 Å². The smallest absolute Gasteiger partial charge is 0.107 e. The van der Waals surface area contributed by atoms with Crippen LogP contribution in [0.15, 0.2) is 36.5 Å². The van der Waals surface area contributed by atoms with Crippen molar-refractivity contribution in [3.63, 3.8) is 0 Å². The first kappa shape index (κ1) is 17.9. The van der Waals surface area contributed by atoms with Gasteiger partial charge < -0.3 is 9.30 Å². The number of aryl methyl sites for hydroxylation is 2. The second-order valence-corrected chi connectivity index (χ2v) is 8.49. The third kappa shape index (κ3) is 2.95. The lowest BCUT2D eigenvalue weighted by atomic mass is 9.77. The molecule has 28 heavy (non-hydrogen) atoms. The fraction of sp³-hybridized carbons (Fsp3) is 0.545. The minimum atomic E-state index is 0.245. The Morgan fingerprint density at radius 1 is 1.11 bits per heavy atom. The van der Waals surface area contributed by atoms with Crippen molar-refractivity contribution < 1.29 is 4.74 Å². The number of methoxy groups -OCH3 is 1. The van der Waals surface area contributed by atoms with Gasteiger partial charge in [-0.05, 0) is 49.8 Å². The molecular weight excluding hydrogens is 350 g/mol. The Kier molecular flexibility index (Phi) is 4.48. The van der Waals surface area contributed by atoms with Crippen molar-refractivity contribution >= 4 is 11.0 Å². The quantitative estimate of drug-likeness (QED) is 0.699. The van der Waals surface area contributed by atoms with Crippen LogP contribution in [0.1, 0.15) is 30.4 Å². The Hall–Kier alpha value is -2.18. The molecule has 1 aliphatic heterocycles. The normalized spacial score (nSPS) is 28.1. The summed E-state index contributed by atoms with van der Waals surface area (Å²) in [6.45, 7) is 5.43. The van der Waals surface area contributed by atoms with E-state index in [1.54, 1.807) is 0 Å². The monoisotopic (exact) mass is 379 g/mol. The lowest BCUT2D eigenvalue weighted by Gasteiger charge is -2.38. The van der Waals surface area contributed by atoms with Crippen molar-refractivity contribution in [2.75, 3.05) is 20.2 Å². The number of imidazole rings is 1. The van der Waals surface area contributed by atoms with Crippen LogP contribution in [-0.4, -0.2) is 50.5 Å². The summed E-state index contributed by atoms with van der Waals surface area (Å²) in [6, 6.07) is 11.0. The summed E-state index contributed by atoms with van der Waals surface area (Å²) < 4.78 is 10.4. The number of rotatable bonds is 4. The Labute approximate surface area is 166 Å². The SMILES string of the molecule is CO[C@H]1C[C@@H]2CN(Cc3ccnn3C)C[C@@H]2C[C@@H]1n1c(C)nc2ccccc21. The average molecular weight is 380 g/mol. The summed E-state index contributed by atoms with van der Waals surface area (Å²) in [4.78, 5) is 7.40. The number of benzene rings is 1. The minimum Gasteiger partial charge on any atom is -0.379 e. The lowest BCUT2D eigenvalue weighted by molar-refractivity contribution is -0.0000733. The molecule has 1 aromatic carbocycles. The molecule has 4 atom stereocenters. The predicted octanol–water partition coefficient (Wildman–Crippen LogP) is 3.18. The van der Waals surface area contributed by atoms with Crippen molar-refractivity contribution in [1.82, 2.24) is 24.2 Å². The summed E-state index contributed by atoms with van der Waals surface area (Å²) in [7, 11) is 3.90. The highest BCUT2D eigenvalue weighted by atomic mass is 16.5. The number of aromatic nitrogens is 4. The molecule has 5 rings (SSSR count). The maximum Gasteiger partial charge on any atom is 0.107 e. The number of para-hydroxylation sites is 2. The van der Waals surface area contributed by atoms with Crippen LogP contribution in [-0.2, 0) is 18.3 Å². The first-order chi connectivity index (χ1) is 13.6.